The predicted molar refractivity (Wildman–Crippen MR) is 139 cm³/mol. The minimum absolute atomic E-state index is 0.0536. The number of aliphatic hydroxyl groups is 1. The zero-order chi connectivity index (χ0) is 24.5. The third-order valence-corrected chi connectivity index (χ3v) is 7.38. The first-order valence-corrected chi connectivity index (χ1v) is 12.6. The molecule has 0 radical (unpaired) electrons. The molecule has 4 heterocycles. The molecule has 3 atom stereocenters. The SMILES string of the molecule is CC(OCC1CC(CO)N(c2cccc(N)[n+]2C)C1)c1cccc(-c2cc(Br)c3nccn3n2)c1. The van der Waals surface area contributed by atoms with Crippen LogP contribution in [0.25, 0.3) is 16.9 Å². The van der Waals surface area contributed by atoms with E-state index in [2.05, 4.69) is 56.0 Å². The van der Waals surface area contributed by atoms with Gasteiger partial charge in [0.15, 0.2) is 5.65 Å². The molecule has 1 aliphatic heterocycles. The standard InChI is InChI=1S/C26H29BrN6O2/c1-17(19-5-3-6-20(12-19)23-13-22(27)26-29-9-10-33(26)30-23)35-16-18-11-21(15-34)32(14-18)25-8-4-7-24(28)31(25)2/h3-10,12-13,17-18,21,28,34H,11,14-16H2,1-2H3/p+1. The summed E-state index contributed by atoms with van der Waals surface area (Å²) in [6, 6.07) is 16.2. The van der Waals surface area contributed by atoms with Crippen LogP contribution in [-0.2, 0) is 11.8 Å². The molecule has 5 rings (SSSR count). The van der Waals surface area contributed by atoms with Crippen molar-refractivity contribution in [3.63, 3.8) is 0 Å². The number of rotatable bonds is 7. The average molecular weight is 538 g/mol. The van der Waals surface area contributed by atoms with E-state index in [-0.39, 0.29) is 18.8 Å². The lowest BCUT2D eigenvalue weighted by molar-refractivity contribution is -0.644. The molecule has 3 aromatic heterocycles. The fourth-order valence-corrected chi connectivity index (χ4v) is 5.31. The highest BCUT2D eigenvalue weighted by atomic mass is 79.9. The van der Waals surface area contributed by atoms with Crippen molar-refractivity contribution in [2.24, 2.45) is 13.0 Å². The summed E-state index contributed by atoms with van der Waals surface area (Å²) in [5.41, 5.74) is 9.87. The average Bonchev–Trinajstić information content (AvgIpc) is 3.51. The molecule has 0 aliphatic carbocycles. The van der Waals surface area contributed by atoms with Crippen LogP contribution < -0.4 is 15.2 Å². The fourth-order valence-electron chi connectivity index (χ4n) is 4.81. The number of anilines is 2. The van der Waals surface area contributed by atoms with Crippen LogP contribution in [0.5, 0.6) is 0 Å². The molecule has 9 heteroatoms. The Kier molecular flexibility index (Phi) is 6.73. The number of pyridine rings is 1. The van der Waals surface area contributed by atoms with Crippen molar-refractivity contribution in [1.29, 1.82) is 0 Å². The zero-order valence-corrected chi connectivity index (χ0v) is 21.5. The number of nitrogen functional groups attached to an aromatic ring is 1. The molecular weight excluding hydrogens is 508 g/mol. The molecule has 3 unspecified atom stereocenters. The molecule has 3 N–H and O–H groups in total. The Labute approximate surface area is 213 Å². The number of halogens is 1. The van der Waals surface area contributed by atoms with Crippen LogP contribution in [-0.4, -0.2) is 45.5 Å². The number of fused-ring (bicyclic) bond motifs is 1. The Morgan fingerprint density at radius 1 is 1.26 bits per heavy atom. The number of aliphatic hydroxyl groups excluding tert-OH is 1. The second-order valence-corrected chi connectivity index (χ2v) is 9.99. The van der Waals surface area contributed by atoms with E-state index in [0.29, 0.717) is 18.3 Å². The van der Waals surface area contributed by atoms with Crippen molar-refractivity contribution in [3.8, 4) is 11.3 Å². The lowest BCUT2D eigenvalue weighted by atomic mass is 10.0. The molecule has 182 valence electrons. The largest absolute Gasteiger partial charge is 0.393 e. The van der Waals surface area contributed by atoms with Gasteiger partial charge in [0.2, 0.25) is 11.6 Å². The summed E-state index contributed by atoms with van der Waals surface area (Å²) in [7, 11) is 1.95. The summed E-state index contributed by atoms with van der Waals surface area (Å²) < 4.78 is 11.0. The van der Waals surface area contributed by atoms with E-state index in [4.69, 9.17) is 10.5 Å². The number of imidazole rings is 1. The first kappa shape index (κ1) is 23.7. The van der Waals surface area contributed by atoms with Gasteiger partial charge in [0.1, 0.15) is 0 Å². The molecule has 1 saturated heterocycles. The van der Waals surface area contributed by atoms with Crippen molar-refractivity contribution in [3.05, 3.63) is 71.0 Å². The van der Waals surface area contributed by atoms with Crippen LogP contribution >= 0.6 is 15.9 Å². The molecule has 0 saturated carbocycles. The first-order valence-electron chi connectivity index (χ1n) is 11.8. The topological polar surface area (TPSA) is 92.8 Å². The second-order valence-electron chi connectivity index (χ2n) is 9.13. The lowest BCUT2D eigenvalue weighted by Crippen LogP contribution is -2.44. The number of benzene rings is 1. The Hall–Kier alpha value is -3.01. The molecule has 8 nitrogen and oxygen atoms in total. The van der Waals surface area contributed by atoms with Crippen molar-refractivity contribution in [2.75, 3.05) is 30.4 Å². The van der Waals surface area contributed by atoms with E-state index in [1.807, 2.05) is 48.1 Å². The highest BCUT2D eigenvalue weighted by Gasteiger charge is 2.37. The Morgan fingerprint density at radius 2 is 2.09 bits per heavy atom. The van der Waals surface area contributed by atoms with Gasteiger partial charge in [-0.05, 0) is 53.0 Å². The normalized spacial score (nSPS) is 18.9. The molecule has 0 bridgehead atoms. The first-order chi connectivity index (χ1) is 16.9. The van der Waals surface area contributed by atoms with Gasteiger partial charge in [0, 0.05) is 36.0 Å². The highest BCUT2D eigenvalue weighted by Crippen LogP contribution is 2.30. The van der Waals surface area contributed by atoms with Crippen LogP contribution in [0.2, 0.25) is 0 Å². The van der Waals surface area contributed by atoms with Crippen LogP contribution in [0.4, 0.5) is 11.6 Å². The molecule has 1 aromatic carbocycles. The van der Waals surface area contributed by atoms with E-state index >= 15 is 0 Å². The van der Waals surface area contributed by atoms with Crippen molar-refractivity contribution < 1.29 is 14.4 Å². The maximum atomic E-state index is 10.0. The second kappa shape index (κ2) is 9.93. The van der Waals surface area contributed by atoms with E-state index in [1.54, 1.807) is 10.7 Å². The molecular formula is C26H30BrN6O2+. The summed E-state index contributed by atoms with van der Waals surface area (Å²) >= 11 is 3.60. The van der Waals surface area contributed by atoms with Gasteiger partial charge in [-0.15, -0.1) is 0 Å². The Morgan fingerprint density at radius 3 is 2.91 bits per heavy atom. The molecule has 4 aromatic rings. The molecule has 0 spiro atoms. The van der Waals surface area contributed by atoms with E-state index in [1.165, 1.54) is 0 Å². The molecule has 1 fully saturated rings. The van der Waals surface area contributed by atoms with Gasteiger partial charge in [-0.25, -0.2) is 14.1 Å². The van der Waals surface area contributed by atoms with Crippen molar-refractivity contribution in [1.82, 2.24) is 14.6 Å². The predicted octanol–water partition coefficient (Wildman–Crippen LogP) is 3.53. The summed E-state index contributed by atoms with van der Waals surface area (Å²) in [6.45, 7) is 3.62. The zero-order valence-electron chi connectivity index (χ0n) is 19.9. The van der Waals surface area contributed by atoms with Crippen LogP contribution in [0, 0.1) is 5.92 Å². The highest BCUT2D eigenvalue weighted by molar-refractivity contribution is 9.10. The maximum absolute atomic E-state index is 10.0. The molecule has 0 amide bonds. The molecule has 35 heavy (non-hydrogen) atoms. The van der Waals surface area contributed by atoms with E-state index < -0.39 is 0 Å². The summed E-state index contributed by atoms with van der Waals surface area (Å²) in [6.07, 6.45) is 4.39. The number of nitrogens with zero attached hydrogens (tertiary/aromatic N) is 5. The third kappa shape index (κ3) is 4.76. The number of hydrogen-bond donors (Lipinski definition) is 2. The maximum Gasteiger partial charge on any atom is 0.223 e. The van der Waals surface area contributed by atoms with Gasteiger partial charge in [0.25, 0.3) is 0 Å². The van der Waals surface area contributed by atoms with Gasteiger partial charge in [-0.2, -0.15) is 5.10 Å². The minimum Gasteiger partial charge on any atom is -0.393 e. The lowest BCUT2D eigenvalue weighted by Gasteiger charge is -2.22. The van der Waals surface area contributed by atoms with Crippen molar-refractivity contribution in [2.45, 2.75) is 25.5 Å². The molecule has 1 aliphatic rings. The van der Waals surface area contributed by atoms with Crippen LogP contribution in [0.3, 0.4) is 0 Å². The van der Waals surface area contributed by atoms with Crippen LogP contribution in [0.1, 0.15) is 25.0 Å². The van der Waals surface area contributed by atoms with Gasteiger partial charge in [0.05, 0.1) is 49.1 Å². The Balaban J connectivity index is 1.27. The number of ether oxygens (including phenoxy) is 1. The fraction of sp³-hybridized carbons (Fsp3) is 0.346. The number of hydrogen-bond acceptors (Lipinski definition) is 6. The van der Waals surface area contributed by atoms with Gasteiger partial charge >= 0.3 is 0 Å². The summed E-state index contributed by atoms with van der Waals surface area (Å²) in [5.74, 6) is 2.03. The number of nitrogens with two attached hydrogens (primary N) is 1. The van der Waals surface area contributed by atoms with Gasteiger partial charge < -0.3 is 15.6 Å². The van der Waals surface area contributed by atoms with Crippen LogP contribution in [0.15, 0.2) is 65.4 Å². The summed E-state index contributed by atoms with van der Waals surface area (Å²) in [5, 5.41) is 14.7. The monoisotopic (exact) mass is 537 g/mol. The summed E-state index contributed by atoms with van der Waals surface area (Å²) in [4.78, 5) is 6.55. The van der Waals surface area contributed by atoms with E-state index in [0.717, 1.165) is 45.7 Å². The van der Waals surface area contributed by atoms with E-state index in [9.17, 15) is 5.11 Å². The van der Waals surface area contributed by atoms with Gasteiger partial charge in [-0.3, -0.25) is 4.90 Å². The van der Waals surface area contributed by atoms with Gasteiger partial charge in [-0.1, -0.05) is 18.2 Å². The van der Waals surface area contributed by atoms with Crippen molar-refractivity contribution >= 4 is 33.2 Å². The smallest absolute Gasteiger partial charge is 0.223 e. The third-order valence-electron chi connectivity index (χ3n) is 6.80. The number of aromatic nitrogens is 4. The minimum atomic E-state index is -0.0690. The Bertz CT molecular complexity index is 1340. The quantitative estimate of drug-likeness (QED) is 0.350.